The van der Waals surface area contributed by atoms with Gasteiger partial charge in [-0.2, -0.15) is 0 Å². The van der Waals surface area contributed by atoms with Gasteiger partial charge in [0.05, 0.1) is 18.5 Å². The van der Waals surface area contributed by atoms with Gasteiger partial charge in [-0.05, 0) is 62.1 Å². The maximum Gasteiger partial charge on any atom is 0.244 e. The van der Waals surface area contributed by atoms with E-state index in [-0.39, 0.29) is 12.5 Å². The number of amides is 1. The highest BCUT2D eigenvalue weighted by molar-refractivity contribution is 7.92. The number of anilines is 1. The van der Waals surface area contributed by atoms with Crippen LogP contribution in [0.5, 0.6) is 5.75 Å². The van der Waals surface area contributed by atoms with Crippen molar-refractivity contribution in [3.8, 4) is 5.75 Å². The Morgan fingerprint density at radius 3 is 2.45 bits per heavy atom. The number of aryl methyl sites for hydroxylation is 2. The number of nitrogens with zero attached hydrogens (tertiary/aromatic N) is 1. The number of carbonyl (C=O) groups excluding carboxylic acids is 1. The molecule has 6 nitrogen and oxygen atoms in total. The maximum atomic E-state index is 12.8. The maximum absolute atomic E-state index is 12.8. The van der Waals surface area contributed by atoms with E-state index < -0.39 is 16.1 Å². The highest BCUT2D eigenvalue weighted by atomic mass is 32.2. The summed E-state index contributed by atoms with van der Waals surface area (Å²) in [5.74, 6) is 0.438. The first-order valence-electron chi connectivity index (χ1n) is 9.68. The predicted octanol–water partition coefficient (Wildman–Crippen LogP) is 3.35. The molecule has 2 rings (SSSR count). The van der Waals surface area contributed by atoms with Gasteiger partial charge in [-0.25, -0.2) is 8.42 Å². The van der Waals surface area contributed by atoms with Crippen LogP contribution in [0.2, 0.25) is 0 Å². The normalized spacial score (nSPS) is 12.3. The molecule has 1 N–H and O–H groups in total. The fraction of sp³-hybridized carbons (Fsp3) is 0.409. The molecule has 7 heteroatoms. The van der Waals surface area contributed by atoms with E-state index in [2.05, 4.69) is 5.32 Å². The molecule has 0 saturated carbocycles. The minimum absolute atomic E-state index is 0.286. The molecule has 0 radical (unpaired) electrons. The number of rotatable bonds is 9. The summed E-state index contributed by atoms with van der Waals surface area (Å²) in [5.41, 5.74) is 3.61. The van der Waals surface area contributed by atoms with E-state index >= 15 is 0 Å². The third-order valence-corrected chi connectivity index (χ3v) is 5.98. The third-order valence-electron chi connectivity index (χ3n) is 4.80. The summed E-state index contributed by atoms with van der Waals surface area (Å²) in [6.45, 7) is 8.27. The van der Waals surface area contributed by atoms with Crippen molar-refractivity contribution in [3.05, 3.63) is 59.2 Å². The molecule has 158 valence electrons. The molecule has 0 fully saturated rings. The topological polar surface area (TPSA) is 75.7 Å². The van der Waals surface area contributed by atoms with Crippen LogP contribution in [-0.4, -0.2) is 39.8 Å². The van der Waals surface area contributed by atoms with Crippen molar-refractivity contribution in [2.24, 2.45) is 0 Å². The molecule has 1 amide bonds. The van der Waals surface area contributed by atoms with Crippen LogP contribution in [0.25, 0.3) is 0 Å². The fourth-order valence-electron chi connectivity index (χ4n) is 3.16. The number of carbonyl (C=O) groups is 1. The number of ether oxygens (including phenoxy) is 1. The molecule has 1 atom stereocenters. The van der Waals surface area contributed by atoms with Crippen LogP contribution in [0.3, 0.4) is 0 Å². The average molecular weight is 419 g/mol. The standard InChI is InChI=1S/C22H30N2O4S/c1-6-20(24(29(5,26)27)19-11-7-9-16(2)15-19)22(25)23-13-14-28-21-12-8-10-17(3)18(21)4/h7-12,15,20H,6,13-14H2,1-5H3,(H,23,25)/t20-/m1/s1. The van der Waals surface area contributed by atoms with E-state index in [0.29, 0.717) is 18.7 Å². The van der Waals surface area contributed by atoms with Crippen molar-refractivity contribution >= 4 is 21.6 Å². The molecule has 0 spiro atoms. The summed E-state index contributed by atoms with van der Waals surface area (Å²) in [6.07, 6.45) is 1.47. The van der Waals surface area contributed by atoms with E-state index in [1.54, 1.807) is 25.1 Å². The first-order valence-corrected chi connectivity index (χ1v) is 11.5. The summed E-state index contributed by atoms with van der Waals surface area (Å²) in [5, 5.41) is 2.80. The number of hydrogen-bond acceptors (Lipinski definition) is 4. The monoisotopic (exact) mass is 418 g/mol. The second kappa shape index (κ2) is 9.78. The van der Waals surface area contributed by atoms with Gasteiger partial charge in [-0.1, -0.05) is 31.2 Å². The Balaban J connectivity index is 2.06. The number of nitrogens with one attached hydrogen (secondary N) is 1. The highest BCUT2D eigenvalue weighted by Crippen LogP contribution is 2.23. The van der Waals surface area contributed by atoms with E-state index in [4.69, 9.17) is 4.74 Å². The lowest BCUT2D eigenvalue weighted by molar-refractivity contribution is -0.122. The Labute approximate surface area is 173 Å². The smallest absolute Gasteiger partial charge is 0.244 e. The van der Waals surface area contributed by atoms with Crippen LogP contribution in [0.4, 0.5) is 5.69 Å². The molecule has 2 aromatic carbocycles. The largest absolute Gasteiger partial charge is 0.491 e. The van der Waals surface area contributed by atoms with Crippen molar-refractivity contribution in [2.45, 2.75) is 40.2 Å². The summed E-state index contributed by atoms with van der Waals surface area (Å²) in [6, 6.07) is 12.1. The first kappa shape index (κ1) is 22.7. The molecule has 0 aliphatic heterocycles. The Hall–Kier alpha value is -2.54. The average Bonchev–Trinajstić information content (AvgIpc) is 2.65. The Morgan fingerprint density at radius 1 is 1.14 bits per heavy atom. The second-order valence-corrected chi connectivity index (χ2v) is 9.02. The minimum Gasteiger partial charge on any atom is -0.491 e. The molecule has 0 aromatic heterocycles. The number of sulfonamides is 1. The lowest BCUT2D eigenvalue weighted by Gasteiger charge is -2.30. The van der Waals surface area contributed by atoms with Crippen LogP contribution < -0.4 is 14.4 Å². The minimum atomic E-state index is -3.63. The van der Waals surface area contributed by atoms with E-state index in [1.165, 1.54) is 4.31 Å². The van der Waals surface area contributed by atoms with Crippen LogP contribution in [-0.2, 0) is 14.8 Å². The van der Waals surface area contributed by atoms with Crippen molar-refractivity contribution in [3.63, 3.8) is 0 Å². The number of hydrogen-bond donors (Lipinski definition) is 1. The van der Waals surface area contributed by atoms with Gasteiger partial charge in [0, 0.05) is 0 Å². The van der Waals surface area contributed by atoms with Gasteiger partial charge >= 0.3 is 0 Å². The predicted molar refractivity (Wildman–Crippen MR) is 117 cm³/mol. The molecule has 0 bridgehead atoms. The molecule has 2 aromatic rings. The highest BCUT2D eigenvalue weighted by Gasteiger charge is 2.31. The zero-order valence-corrected chi connectivity index (χ0v) is 18.5. The van der Waals surface area contributed by atoms with Crippen LogP contribution >= 0.6 is 0 Å². The number of benzene rings is 2. The van der Waals surface area contributed by atoms with Gasteiger partial charge in [0.2, 0.25) is 15.9 Å². The van der Waals surface area contributed by atoms with E-state index in [1.807, 2.05) is 45.0 Å². The SMILES string of the molecule is CC[C@H](C(=O)NCCOc1cccc(C)c1C)N(c1cccc(C)c1)S(C)(=O)=O. The molecular weight excluding hydrogens is 388 g/mol. The van der Waals surface area contributed by atoms with E-state index in [0.717, 1.165) is 28.7 Å². The summed E-state index contributed by atoms with van der Waals surface area (Å²) >= 11 is 0. The Kier molecular flexibility index (Phi) is 7.67. The molecular formula is C22H30N2O4S. The zero-order valence-electron chi connectivity index (χ0n) is 17.7. The molecule has 0 aliphatic carbocycles. The zero-order chi connectivity index (χ0) is 21.6. The summed E-state index contributed by atoms with van der Waals surface area (Å²) in [4.78, 5) is 12.8. The molecule has 0 aliphatic rings. The van der Waals surface area contributed by atoms with E-state index in [9.17, 15) is 13.2 Å². The molecule has 0 unspecified atom stereocenters. The fourth-order valence-corrected chi connectivity index (χ4v) is 4.36. The van der Waals surface area contributed by atoms with Gasteiger partial charge in [0.25, 0.3) is 0 Å². The lowest BCUT2D eigenvalue weighted by atomic mass is 10.1. The van der Waals surface area contributed by atoms with Crippen molar-refractivity contribution in [1.82, 2.24) is 5.32 Å². The van der Waals surface area contributed by atoms with Gasteiger partial charge in [-0.15, -0.1) is 0 Å². The molecule has 29 heavy (non-hydrogen) atoms. The third kappa shape index (κ3) is 5.97. The first-order chi connectivity index (χ1) is 13.6. The van der Waals surface area contributed by atoms with Crippen molar-refractivity contribution in [2.75, 3.05) is 23.7 Å². The van der Waals surface area contributed by atoms with Crippen LogP contribution in [0.1, 0.15) is 30.0 Å². The van der Waals surface area contributed by atoms with Gasteiger partial charge in [-0.3, -0.25) is 9.10 Å². The van der Waals surface area contributed by atoms with Crippen LogP contribution in [0, 0.1) is 20.8 Å². The Morgan fingerprint density at radius 2 is 1.83 bits per heavy atom. The Bertz CT molecular complexity index is 957. The summed E-state index contributed by atoms with van der Waals surface area (Å²) in [7, 11) is -3.63. The quantitative estimate of drug-likeness (QED) is 0.634. The van der Waals surface area contributed by atoms with Gasteiger partial charge in [0.1, 0.15) is 18.4 Å². The van der Waals surface area contributed by atoms with Gasteiger partial charge in [0.15, 0.2) is 0 Å². The van der Waals surface area contributed by atoms with Gasteiger partial charge < -0.3 is 10.1 Å². The van der Waals surface area contributed by atoms with Crippen molar-refractivity contribution in [1.29, 1.82) is 0 Å². The molecule has 0 saturated heterocycles. The summed E-state index contributed by atoms with van der Waals surface area (Å²) < 4.78 is 31.9. The second-order valence-electron chi connectivity index (χ2n) is 7.16. The lowest BCUT2D eigenvalue weighted by Crippen LogP contribution is -2.50. The van der Waals surface area contributed by atoms with Crippen molar-refractivity contribution < 1.29 is 17.9 Å². The van der Waals surface area contributed by atoms with Crippen LogP contribution in [0.15, 0.2) is 42.5 Å². The molecule has 0 heterocycles.